The Hall–Kier alpha value is 0.0769. The van der Waals surface area contributed by atoms with E-state index in [0.29, 0.717) is 12.5 Å². The van der Waals surface area contributed by atoms with Gasteiger partial charge in [-0.2, -0.15) is 0 Å². The molecule has 0 amide bonds. The molecule has 0 spiro atoms. The van der Waals surface area contributed by atoms with Crippen molar-refractivity contribution in [3.63, 3.8) is 0 Å². The SMILES string of the molecule is CCCCCCCCCCCCCCCC1CCO[Si](CCCSC(C)=O)(OCC)ONC1. The van der Waals surface area contributed by atoms with Crippen LogP contribution in [0.5, 0.6) is 0 Å². The monoisotopic (exact) mass is 503 g/mol. The van der Waals surface area contributed by atoms with Crippen molar-refractivity contribution in [3.05, 3.63) is 0 Å². The molecule has 2 unspecified atom stereocenters. The van der Waals surface area contributed by atoms with E-state index in [2.05, 4.69) is 12.4 Å². The van der Waals surface area contributed by atoms with Gasteiger partial charge in [0.15, 0.2) is 5.12 Å². The van der Waals surface area contributed by atoms with Crippen LogP contribution in [0.1, 0.15) is 124 Å². The Morgan fingerprint density at radius 3 is 2.12 bits per heavy atom. The van der Waals surface area contributed by atoms with E-state index in [1.54, 1.807) is 6.92 Å². The molecule has 1 rings (SSSR count). The molecule has 196 valence electrons. The summed E-state index contributed by atoms with van der Waals surface area (Å²) in [6, 6.07) is 0.762. The van der Waals surface area contributed by atoms with E-state index < -0.39 is 8.80 Å². The van der Waals surface area contributed by atoms with Gasteiger partial charge >= 0.3 is 8.80 Å². The third-order valence-electron chi connectivity index (χ3n) is 6.46. The molecule has 5 nitrogen and oxygen atoms in total. The maximum atomic E-state index is 11.1. The van der Waals surface area contributed by atoms with Crippen molar-refractivity contribution >= 4 is 25.7 Å². The van der Waals surface area contributed by atoms with Gasteiger partial charge in [-0.3, -0.25) is 9.32 Å². The average Bonchev–Trinajstić information content (AvgIpc) is 2.78. The molecule has 0 saturated carbocycles. The number of thioether (sulfide) groups is 1. The van der Waals surface area contributed by atoms with E-state index in [1.165, 1.54) is 102 Å². The molecule has 0 aliphatic carbocycles. The fraction of sp³-hybridized carbons (Fsp3) is 0.962. The van der Waals surface area contributed by atoms with E-state index >= 15 is 0 Å². The Morgan fingerprint density at radius 1 is 0.939 bits per heavy atom. The first-order valence-corrected chi connectivity index (χ1v) is 16.9. The molecule has 7 heteroatoms. The quantitative estimate of drug-likeness (QED) is 0.136. The third kappa shape index (κ3) is 17.2. The van der Waals surface area contributed by atoms with E-state index in [-0.39, 0.29) is 5.12 Å². The number of carbonyl (C=O) groups is 1. The first kappa shape index (κ1) is 31.1. The summed E-state index contributed by atoms with van der Waals surface area (Å²) in [5.74, 6) is 1.41. The van der Waals surface area contributed by atoms with Crippen molar-refractivity contribution in [2.45, 2.75) is 130 Å². The Morgan fingerprint density at radius 2 is 1.55 bits per heavy atom. The van der Waals surface area contributed by atoms with Gasteiger partial charge in [0.05, 0.1) is 0 Å². The van der Waals surface area contributed by atoms with Crippen LogP contribution >= 0.6 is 11.8 Å². The average molecular weight is 504 g/mol. The van der Waals surface area contributed by atoms with Crippen LogP contribution in [0.15, 0.2) is 0 Å². The van der Waals surface area contributed by atoms with Crippen molar-refractivity contribution in [2.24, 2.45) is 5.92 Å². The Kier molecular flexibility index (Phi) is 20.1. The van der Waals surface area contributed by atoms with Crippen molar-refractivity contribution in [3.8, 4) is 0 Å². The molecular weight excluding hydrogens is 450 g/mol. The van der Waals surface area contributed by atoms with E-state index in [4.69, 9.17) is 13.4 Å². The van der Waals surface area contributed by atoms with Crippen LogP contribution in [0, 0.1) is 5.92 Å². The number of hydroxylamine groups is 1. The number of hydrogen-bond acceptors (Lipinski definition) is 6. The summed E-state index contributed by atoms with van der Waals surface area (Å²) in [6.45, 7) is 8.08. The molecule has 1 N–H and O–H groups in total. The smallest absolute Gasteiger partial charge is 0.373 e. The van der Waals surface area contributed by atoms with Crippen LogP contribution in [-0.4, -0.2) is 39.4 Å². The number of unbranched alkanes of at least 4 members (excludes halogenated alkanes) is 12. The van der Waals surface area contributed by atoms with Gasteiger partial charge in [0.1, 0.15) is 0 Å². The van der Waals surface area contributed by atoms with Crippen LogP contribution in [0.25, 0.3) is 0 Å². The minimum absolute atomic E-state index is 0.163. The van der Waals surface area contributed by atoms with Crippen molar-refractivity contribution in [1.82, 2.24) is 5.48 Å². The summed E-state index contributed by atoms with van der Waals surface area (Å²) in [4.78, 5) is 11.1. The topological polar surface area (TPSA) is 56.8 Å². The highest BCUT2D eigenvalue weighted by Crippen LogP contribution is 2.24. The summed E-state index contributed by atoms with van der Waals surface area (Å²) in [6.07, 6.45) is 21.4. The van der Waals surface area contributed by atoms with Gasteiger partial charge in [0.25, 0.3) is 0 Å². The molecule has 0 bridgehead atoms. The Labute approximate surface area is 210 Å². The summed E-state index contributed by atoms with van der Waals surface area (Å²) in [7, 11) is -2.67. The molecule has 0 aromatic carbocycles. The predicted molar refractivity (Wildman–Crippen MR) is 143 cm³/mol. The second-order valence-corrected chi connectivity index (χ2v) is 13.5. The zero-order valence-electron chi connectivity index (χ0n) is 22.0. The van der Waals surface area contributed by atoms with E-state index in [9.17, 15) is 4.79 Å². The summed E-state index contributed by atoms with van der Waals surface area (Å²) in [5.41, 5.74) is 3.20. The Bertz CT molecular complexity index is 460. The highest BCUT2D eigenvalue weighted by molar-refractivity contribution is 8.13. The normalized spacial score (nSPS) is 21.6. The van der Waals surface area contributed by atoms with E-state index in [0.717, 1.165) is 37.8 Å². The summed E-state index contributed by atoms with van der Waals surface area (Å²) < 4.78 is 18.2. The van der Waals surface area contributed by atoms with Gasteiger partial charge in [-0.15, -0.1) is 0 Å². The molecule has 1 aliphatic heterocycles. The molecule has 1 heterocycles. The van der Waals surface area contributed by atoms with Gasteiger partial charge in [-0.1, -0.05) is 102 Å². The van der Waals surface area contributed by atoms with Gasteiger partial charge in [0.2, 0.25) is 0 Å². The third-order valence-corrected chi connectivity index (χ3v) is 10.2. The second-order valence-electron chi connectivity index (χ2n) is 9.54. The molecule has 2 atom stereocenters. The highest BCUT2D eigenvalue weighted by atomic mass is 32.2. The second kappa shape index (κ2) is 21.4. The van der Waals surface area contributed by atoms with Crippen LogP contribution in [0.3, 0.4) is 0 Å². The molecule has 0 aromatic rings. The molecule has 1 aliphatic rings. The molecular formula is C26H53NO4SSi. The van der Waals surface area contributed by atoms with Crippen LogP contribution in [-0.2, 0) is 18.2 Å². The maximum absolute atomic E-state index is 11.1. The number of carbonyl (C=O) groups excluding carboxylic acids is 1. The molecule has 0 radical (unpaired) electrons. The zero-order valence-corrected chi connectivity index (χ0v) is 23.8. The Balaban J connectivity index is 2.06. The molecule has 33 heavy (non-hydrogen) atoms. The fourth-order valence-corrected chi connectivity index (χ4v) is 7.68. The van der Waals surface area contributed by atoms with Crippen LogP contribution in [0.4, 0.5) is 0 Å². The first-order chi connectivity index (χ1) is 16.1. The highest BCUT2D eigenvalue weighted by Gasteiger charge is 2.42. The molecule has 0 aromatic heterocycles. The summed E-state index contributed by atoms with van der Waals surface area (Å²) in [5, 5.41) is 0.163. The van der Waals surface area contributed by atoms with Gasteiger partial charge in [0, 0.05) is 38.5 Å². The number of hydrogen-bond donors (Lipinski definition) is 1. The number of nitrogens with one attached hydrogen (secondary N) is 1. The molecule has 1 saturated heterocycles. The minimum atomic E-state index is -2.67. The van der Waals surface area contributed by atoms with Gasteiger partial charge < -0.3 is 8.85 Å². The largest absolute Gasteiger partial charge is 0.517 e. The lowest BCUT2D eigenvalue weighted by atomic mass is 9.97. The fourth-order valence-electron chi connectivity index (χ4n) is 4.47. The van der Waals surface area contributed by atoms with E-state index in [1.807, 2.05) is 6.92 Å². The standard InChI is InChI=1S/C26H53NO4SSi/c1-4-6-7-8-9-10-11-12-13-14-15-16-17-19-26-20-21-30-33(29-5-2,31-27-24-26)23-18-22-32-25(3)28/h26-27H,4-24H2,1-3H3. The van der Waals surface area contributed by atoms with Crippen molar-refractivity contribution in [1.29, 1.82) is 0 Å². The van der Waals surface area contributed by atoms with Crippen molar-refractivity contribution in [2.75, 3.05) is 25.5 Å². The summed E-state index contributed by atoms with van der Waals surface area (Å²) >= 11 is 1.36. The molecule has 1 fully saturated rings. The van der Waals surface area contributed by atoms with Crippen LogP contribution in [0.2, 0.25) is 6.04 Å². The predicted octanol–water partition coefficient (Wildman–Crippen LogP) is 7.67. The van der Waals surface area contributed by atoms with Crippen LogP contribution < -0.4 is 5.48 Å². The maximum Gasteiger partial charge on any atom is 0.517 e. The minimum Gasteiger partial charge on any atom is -0.373 e. The first-order valence-electron chi connectivity index (χ1n) is 13.9. The van der Waals surface area contributed by atoms with Gasteiger partial charge in [-0.25, -0.2) is 5.48 Å². The zero-order chi connectivity index (χ0) is 24.0. The lowest BCUT2D eigenvalue weighted by Gasteiger charge is -2.33. The van der Waals surface area contributed by atoms with Gasteiger partial charge in [-0.05, 0) is 32.1 Å². The van der Waals surface area contributed by atoms with Crippen molar-refractivity contribution < 1.29 is 18.2 Å². The lowest BCUT2D eigenvalue weighted by molar-refractivity contribution is -0.109. The number of rotatable bonds is 20. The lowest BCUT2D eigenvalue weighted by Crippen LogP contribution is -2.52.